The van der Waals surface area contributed by atoms with Gasteiger partial charge in [0.1, 0.15) is 0 Å². The molecule has 1 nitrogen and oxygen atoms in total. The zero-order valence-corrected chi connectivity index (χ0v) is 15.8. The number of benzene rings is 2. The monoisotopic (exact) mass is 323 g/mol. The minimum absolute atomic E-state index is 0.470. The highest BCUT2D eigenvalue weighted by Crippen LogP contribution is 2.30. The van der Waals surface area contributed by atoms with E-state index in [2.05, 4.69) is 87.2 Å². The highest BCUT2D eigenvalue weighted by atomic mass is 15.2. The van der Waals surface area contributed by atoms with Crippen LogP contribution in [0.15, 0.2) is 54.6 Å². The molecule has 1 atom stereocenters. The van der Waals surface area contributed by atoms with E-state index < -0.39 is 0 Å². The Bertz CT molecular complexity index is 636. The Kier molecular flexibility index (Phi) is 7.36. The number of allylic oxidation sites excluding steroid dienone is 1. The molecule has 130 valence electrons. The molecule has 0 saturated heterocycles. The summed E-state index contributed by atoms with van der Waals surface area (Å²) < 4.78 is 0. The molecule has 0 heterocycles. The fourth-order valence-corrected chi connectivity index (χ4v) is 3.41. The molecule has 0 aliphatic rings. The van der Waals surface area contributed by atoms with Crippen molar-refractivity contribution in [3.8, 4) is 0 Å². The highest BCUT2D eigenvalue weighted by molar-refractivity contribution is 5.94. The number of hydrogen-bond donors (Lipinski definition) is 0. The summed E-state index contributed by atoms with van der Waals surface area (Å²) in [6.07, 6.45) is 9.77. The first-order chi connectivity index (χ1) is 11.7. The summed E-state index contributed by atoms with van der Waals surface area (Å²) >= 11 is 0. The van der Waals surface area contributed by atoms with E-state index in [1.165, 1.54) is 42.1 Å². The molecule has 2 aromatic carbocycles. The Hall–Kier alpha value is -1.76. The summed E-state index contributed by atoms with van der Waals surface area (Å²) in [5.41, 5.74) is 1.36. The first kappa shape index (κ1) is 18.6. The van der Waals surface area contributed by atoms with E-state index in [9.17, 15) is 0 Å². The van der Waals surface area contributed by atoms with Gasteiger partial charge in [0.15, 0.2) is 0 Å². The summed E-state index contributed by atoms with van der Waals surface area (Å²) in [5.74, 6) is 0.690. The van der Waals surface area contributed by atoms with E-state index in [-0.39, 0.29) is 0 Å². The number of rotatable bonds is 9. The normalized spacial score (nSPS) is 13.0. The van der Waals surface area contributed by atoms with Gasteiger partial charge in [-0.05, 0) is 37.1 Å². The minimum atomic E-state index is 0.470. The van der Waals surface area contributed by atoms with Gasteiger partial charge < -0.3 is 4.90 Å². The molecule has 0 aromatic heterocycles. The first-order valence-corrected chi connectivity index (χ1v) is 9.58. The van der Waals surface area contributed by atoms with Gasteiger partial charge in [0, 0.05) is 23.7 Å². The summed E-state index contributed by atoms with van der Waals surface area (Å²) in [5, 5.41) is 2.68. The van der Waals surface area contributed by atoms with E-state index in [0.717, 1.165) is 6.54 Å². The van der Waals surface area contributed by atoms with Crippen molar-refractivity contribution in [2.75, 3.05) is 11.4 Å². The molecule has 24 heavy (non-hydrogen) atoms. The van der Waals surface area contributed by atoms with Crippen molar-refractivity contribution in [3.05, 3.63) is 54.6 Å². The van der Waals surface area contributed by atoms with Crippen LogP contribution in [0.25, 0.3) is 10.8 Å². The van der Waals surface area contributed by atoms with Crippen LogP contribution < -0.4 is 4.90 Å². The molecule has 0 spiro atoms. The van der Waals surface area contributed by atoms with Gasteiger partial charge in [-0.25, -0.2) is 0 Å². The molecule has 0 bridgehead atoms. The maximum absolute atomic E-state index is 2.57. The topological polar surface area (TPSA) is 3.24 Å². The maximum Gasteiger partial charge on any atom is 0.0475 e. The summed E-state index contributed by atoms with van der Waals surface area (Å²) in [7, 11) is 0. The van der Waals surface area contributed by atoms with Crippen molar-refractivity contribution in [2.24, 2.45) is 5.92 Å². The molecule has 0 fully saturated rings. The Balaban J connectivity index is 2.34. The number of hydrogen-bond acceptors (Lipinski definition) is 1. The Morgan fingerprint density at radius 2 is 1.75 bits per heavy atom. The van der Waals surface area contributed by atoms with Crippen molar-refractivity contribution in [2.45, 2.75) is 59.4 Å². The largest absolute Gasteiger partial charge is 0.365 e. The second kappa shape index (κ2) is 9.52. The molecule has 0 radical (unpaired) electrons. The standard InChI is InChI=1S/C23H33N/c1-5-7-8-9-15-21(18-19(3)4)24(6-2)23-17-12-14-20-13-10-11-16-22(20)23/h9-17,19,21H,5-8,18H2,1-4H3/b15-9+. The van der Waals surface area contributed by atoms with Gasteiger partial charge in [-0.3, -0.25) is 0 Å². The second-order valence-electron chi connectivity index (χ2n) is 7.05. The average molecular weight is 324 g/mol. The number of likely N-dealkylation sites (N-methyl/N-ethyl adjacent to an activating group) is 1. The Labute approximate surface area is 148 Å². The highest BCUT2D eigenvalue weighted by Gasteiger charge is 2.18. The molecular formula is C23H33N. The third-order valence-electron chi connectivity index (χ3n) is 4.61. The van der Waals surface area contributed by atoms with Crippen LogP contribution in [-0.4, -0.2) is 12.6 Å². The third kappa shape index (κ3) is 4.87. The quantitative estimate of drug-likeness (QED) is 0.361. The van der Waals surface area contributed by atoms with Crippen molar-refractivity contribution in [3.63, 3.8) is 0 Å². The van der Waals surface area contributed by atoms with Gasteiger partial charge in [0.2, 0.25) is 0 Å². The van der Waals surface area contributed by atoms with Gasteiger partial charge in [0.25, 0.3) is 0 Å². The number of nitrogens with zero attached hydrogens (tertiary/aromatic N) is 1. The predicted molar refractivity (Wildman–Crippen MR) is 109 cm³/mol. The lowest BCUT2D eigenvalue weighted by Crippen LogP contribution is -2.35. The molecule has 0 aliphatic carbocycles. The first-order valence-electron chi connectivity index (χ1n) is 9.58. The van der Waals surface area contributed by atoms with Crippen LogP contribution in [-0.2, 0) is 0 Å². The minimum Gasteiger partial charge on any atom is -0.365 e. The number of fused-ring (bicyclic) bond motifs is 1. The van der Waals surface area contributed by atoms with E-state index in [1.54, 1.807) is 0 Å². The fourth-order valence-electron chi connectivity index (χ4n) is 3.41. The van der Waals surface area contributed by atoms with Crippen LogP contribution >= 0.6 is 0 Å². The van der Waals surface area contributed by atoms with Gasteiger partial charge in [-0.1, -0.05) is 82.2 Å². The smallest absolute Gasteiger partial charge is 0.0475 e. The second-order valence-corrected chi connectivity index (χ2v) is 7.05. The molecule has 1 heteroatoms. The van der Waals surface area contributed by atoms with Crippen LogP contribution in [0.2, 0.25) is 0 Å². The molecule has 0 amide bonds. The van der Waals surface area contributed by atoms with Gasteiger partial charge in [-0.15, -0.1) is 0 Å². The fraction of sp³-hybridized carbons (Fsp3) is 0.478. The number of unbranched alkanes of at least 4 members (excludes halogenated alkanes) is 2. The lowest BCUT2D eigenvalue weighted by Gasteiger charge is -2.33. The van der Waals surface area contributed by atoms with E-state index in [0.29, 0.717) is 12.0 Å². The molecule has 1 unspecified atom stereocenters. The third-order valence-corrected chi connectivity index (χ3v) is 4.61. The van der Waals surface area contributed by atoms with Gasteiger partial charge in [0.05, 0.1) is 0 Å². The SMILES string of the molecule is CCCC/C=C/C(CC(C)C)N(CC)c1cccc2ccccc12. The summed E-state index contributed by atoms with van der Waals surface area (Å²) in [6.45, 7) is 10.2. The lowest BCUT2D eigenvalue weighted by atomic mass is 9.99. The van der Waals surface area contributed by atoms with Crippen LogP contribution in [0, 0.1) is 5.92 Å². The van der Waals surface area contributed by atoms with Crippen molar-refractivity contribution < 1.29 is 0 Å². The van der Waals surface area contributed by atoms with Crippen molar-refractivity contribution >= 4 is 16.5 Å². The number of anilines is 1. The zero-order valence-electron chi connectivity index (χ0n) is 15.8. The van der Waals surface area contributed by atoms with Crippen LogP contribution in [0.4, 0.5) is 5.69 Å². The van der Waals surface area contributed by atoms with E-state index in [1.807, 2.05) is 0 Å². The van der Waals surface area contributed by atoms with Crippen LogP contribution in [0.3, 0.4) is 0 Å². The Morgan fingerprint density at radius 1 is 1.00 bits per heavy atom. The Morgan fingerprint density at radius 3 is 2.46 bits per heavy atom. The molecule has 2 aromatic rings. The molecule has 0 aliphatic heterocycles. The van der Waals surface area contributed by atoms with E-state index >= 15 is 0 Å². The average Bonchev–Trinajstić information content (AvgIpc) is 2.59. The molecule has 0 N–H and O–H groups in total. The van der Waals surface area contributed by atoms with Crippen LogP contribution in [0.1, 0.15) is 53.4 Å². The van der Waals surface area contributed by atoms with Gasteiger partial charge >= 0.3 is 0 Å². The maximum atomic E-state index is 2.57. The van der Waals surface area contributed by atoms with E-state index in [4.69, 9.17) is 0 Å². The van der Waals surface area contributed by atoms with Crippen LogP contribution in [0.5, 0.6) is 0 Å². The molecular weight excluding hydrogens is 290 g/mol. The summed E-state index contributed by atoms with van der Waals surface area (Å²) in [6, 6.07) is 15.9. The molecule has 2 rings (SSSR count). The van der Waals surface area contributed by atoms with Gasteiger partial charge in [-0.2, -0.15) is 0 Å². The zero-order chi connectivity index (χ0) is 17.4. The predicted octanol–water partition coefficient (Wildman–Crippen LogP) is 6.83. The summed E-state index contributed by atoms with van der Waals surface area (Å²) in [4.78, 5) is 2.57. The molecule has 0 saturated carbocycles. The van der Waals surface area contributed by atoms with Crippen molar-refractivity contribution in [1.82, 2.24) is 0 Å². The van der Waals surface area contributed by atoms with Crippen molar-refractivity contribution in [1.29, 1.82) is 0 Å². The lowest BCUT2D eigenvalue weighted by molar-refractivity contribution is 0.520.